The van der Waals surface area contributed by atoms with Crippen molar-refractivity contribution in [1.82, 2.24) is 4.98 Å². The third-order valence-corrected chi connectivity index (χ3v) is 4.81. The molecule has 1 aliphatic rings. The number of carbonyl (C=O) groups is 1. The van der Waals surface area contributed by atoms with Gasteiger partial charge in [-0.3, -0.25) is 9.78 Å². The number of hydrogen-bond acceptors (Lipinski definition) is 4. The van der Waals surface area contributed by atoms with Gasteiger partial charge in [-0.15, -0.1) is 5.92 Å². The standard InChI is InChI=1S/C23H20N2O2/c1-4-5-16-8-14(2)21(15(3)9-16)22-20(26)11-18(23(22)27)10-19-7-6-17(12-24)13-25-19/h6-9,13,18,26H,10-11H2,1-3H3. The maximum atomic E-state index is 13.0. The Morgan fingerprint density at radius 3 is 2.48 bits per heavy atom. The van der Waals surface area contributed by atoms with E-state index in [1.54, 1.807) is 19.1 Å². The molecule has 0 saturated carbocycles. The minimum Gasteiger partial charge on any atom is -0.512 e. The number of allylic oxidation sites excluding steroid dienone is 2. The number of benzene rings is 1. The van der Waals surface area contributed by atoms with Gasteiger partial charge in [-0.2, -0.15) is 5.26 Å². The van der Waals surface area contributed by atoms with Crippen molar-refractivity contribution in [2.75, 3.05) is 0 Å². The van der Waals surface area contributed by atoms with Gasteiger partial charge in [0.1, 0.15) is 11.8 Å². The Bertz CT molecular complexity index is 1020. The van der Waals surface area contributed by atoms with Crippen molar-refractivity contribution in [2.24, 2.45) is 5.92 Å². The van der Waals surface area contributed by atoms with E-state index in [0.717, 1.165) is 27.9 Å². The van der Waals surface area contributed by atoms with Crippen LogP contribution < -0.4 is 0 Å². The number of nitriles is 1. The van der Waals surface area contributed by atoms with E-state index in [4.69, 9.17) is 5.26 Å². The molecule has 0 radical (unpaired) electrons. The number of hydrogen-bond donors (Lipinski definition) is 1. The second kappa shape index (κ2) is 7.48. The predicted octanol–water partition coefficient (Wildman–Crippen LogP) is 4.04. The van der Waals surface area contributed by atoms with Gasteiger partial charge in [0.15, 0.2) is 5.78 Å². The number of aliphatic hydroxyl groups excluding tert-OH is 1. The highest BCUT2D eigenvalue weighted by Gasteiger charge is 2.35. The van der Waals surface area contributed by atoms with E-state index in [9.17, 15) is 9.90 Å². The number of aryl methyl sites for hydroxylation is 2. The van der Waals surface area contributed by atoms with Crippen molar-refractivity contribution in [1.29, 1.82) is 5.26 Å². The van der Waals surface area contributed by atoms with E-state index in [1.807, 2.05) is 32.0 Å². The molecule has 0 aliphatic heterocycles. The number of Topliss-reactive ketones (excluding diaryl/α,β-unsaturated/α-hetero) is 1. The smallest absolute Gasteiger partial charge is 0.170 e. The first-order chi connectivity index (χ1) is 12.9. The highest BCUT2D eigenvalue weighted by molar-refractivity contribution is 6.25. The van der Waals surface area contributed by atoms with Crippen molar-refractivity contribution in [2.45, 2.75) is 33.6 Å². The van der Waals surface area contributed by atoms with Crippen LogP contribution in [0.15, 0.2) is 36.2 Å². The van der Waals surface area contributed by atoms with Crippen molar-refractivity contribution in [3.05, 3.63) is 69.7 Å². The summed E-state index contributed by atoms with van der Waals surface area (Å²) in [6, 6.07) is 9.38. The van der Waals surface area contributed by atoms with E-state index in [1.165, 1.54) is 6.20 Å². The monoisotopic (exact) mass is 356 g/mol. The Morgan fingerprint density at radius 2 is 1.93 bits per heavy atom. The van der Waals surface area contributed by atoms with Crippen molar-refractivity contribution < 1.29 is 9.90 Å². The van der Waals surface area contributed by atoms with Crippen LogP contribution in [0.3, 0.4) is 0 Å². The van der Waals surface area contributed by atoms with E-state index in [-0.39, 0.29) is 17.5 Å². The average molecular weight is 356 g/mol. The zero-order chi connectivity index (χ0) is 19.6. The maximum absolute atomic E-state index is 13.0. The van der Waals surface area contributed by atoms with Gasteiger partial charge >= 0.3 is 0 Å². The molecular formula is C23H20N2O2. The van der Waals surface area contributed by atoms with Gasteiger partial charge in [0.05, 0.1) is 11.1 Å². The molecule has 1 N–H and O–H groups in total. The van der Waals surface area contributed by atoms with Crippen LogP contribution in [0.25, 0.3) is 5.57 Å². The summed E-state index contributed by atoms with van der Waals surface area (Å²) >= 11 is 0. The average Bonchev–Trinajstić information content (AvgIpc) is 2.90. The summed E-state index contributed by atoms with van der Waals surface area (Å²) in [6.07, 6.45) is 2.26. The summed E-state index contributed by atoms with van der Waals surface area (Å²) in [4.78, 5) is 17.3. The minimum absolute atomic E-state index is 0.0563. The molecule has 0 spiro atoms. The molecular weight excluding hydrogens is 336 g/mol. The van der Waals surface area contributed by atoms with Crippen LogP contribution in [0, 0.1) is 42.9 Å². The van der Waals surface area contributed by atoms with Crippen LogP contribution in [-0.2, 0) is 11.2 Å². The molecule has 3 rings (SSSR count). The summed E-state index contributed by atoms with van der Waals surface area (Å²) < 4.78 is 0. The summed E-state index contributed by atoms with van der Waals surface area (Å²) in [5.41, 5.74) is 5.21. The highest BCUT2D eigenvalue weighted by atomic mass is 16.3. The fourth-order valence-electron chi connectivity index (χ4n) is 3.65. The Labute approximate surface area is 159 Å². The van der Waals surface area contributed by atoms with Gasteiger partial charge in [-0.1, -0.05) is 5.92 Å². The summed E-state index contributed by atoms with van der Waals surface area (Å²) in [7, 11) is 0. The summed E-state index contributed by atoms with van der Waals surface area (Å²) in [5, 5.41) is 19.4. The maximum Gasteiger partial charge on any atom is 0.170 e. The minimum atomic E-state index is -0.339. The lowest BCUT2D eigenvalue weighted by Crippen LogP contribution is -2.14. The highest BCUT2D eigenvalue weighted by Crippen LogP contribution is 2.38. The Morgan fingerprint density at radius 1 is 1.22 bits per heavy atom. The van der Waals surface area contributed by atoms with Gasteiger partial charge in [-0.05, 0) is 61.7 Å². The normalized spacial score (nSPS) is 16.1. The number of ketones is 1. The fraction of sp³-hybridized carbons (Fsp3) is 0.261. The molecule has 0 saturated heterocycles. The Balaban J connectivity index is 1.89. The van der Waals surface area contributed by atoms with E-state index in [0.29, 0.717) is 24.0 Å². The molecule has 4 heteroatoms. The molecule has 134 valence electrons. The number of rotatable bonds is 3. The topological polar surface area (TPSA) is 74.0 Å². The van der Waals surface area contributed by atoms with Gasteiger partial charge in [0.25, 0.3) is 0 Å². The molecule has 0 amide bonds. The van der Waals surface area contributed by atoms with Gasteiger partial charge in [-0.25, -0.2) is 0 Å². The first-order valence-electron chi connectivity index (χ1n) is 8.80. The van der Waals surface area contributed by atoms with Crippen molar-refractivity contribution in [3.8, 4) is 17.9 Å². The second-order valence-corrected chi connectivity index (χ2v) is 6.80. The van der Waals surface area contributed by atoms with Crippen LogP contribution in [0.1, 0.15) is 46.9 Å². The Kier molecular flexibility index (Phi) is 5.10. The predicted molar refractivity (Wildman–Crippen MR) is 104 cm³/mol. The summed E-state index contributed by atoms with van der Waals surface area (Å²) in [6.45, 7) is 5.66. The number of pyridine rings is 1. The molecule has 1 aromatic heterocycles. The SMILES string of the molecule is CC#Cc1cc(C)c(C2=C(O)CC(Cc3ccc(C#N)cn3)C2=O)c(C)c1. The number of carbonyl (C=O) groups excluding carboxylic acids is 1. The van der Waals surface area contributed by atoms with E-state index < -0.39 is 0 Å². The molecule has 1 unspecified atom stereocenters. The zero-order valence-electron chi connectivity index (χ0n) is 15.6. The van der Waals surface area contributed by atoms with Gasteiger partial charge < -0.3 is 5.11 Å². The van der Waals surface area contributed by atoms with Crippen molar-refractivity contribution in [3.63, 3.8) is 0 Å². The first-order valence-corrected chi connectivity index (χ1v) is 8.80. The third kappa shape index (κ3) is 3.61. The van der Waals surface area contributed by atoms with Gasteiger partial charge in [0.2, 0.25) is 0 Å². The zero-order valence-corrected chi connectivity index (χ0v) is 15.6. The quantitative estimate of drug-likeness (QED) is 0.842. The number of aliphatic hydroxyl groups is 1. The van der Waals surface area contributed by atoms with E-state index in [2.05, 4.69) is 16.8 Å². The molecule has 0 bridgehead atoms. The lowest BCUT2D eigenvalue weighted by atomic mass is 9.89. The van der Waals surface area contributed by atoms with Crippen molar-refractivity contribution >= 4 is 11.4 Å². The molecule has 1 heterocycles. The molecule has 0 fully saturated rings. The van der Waals surface area contributed by atoms with Gasteiger partial charge in [0, 0.05) is 36.2 Å². The van der Waals surface area contributed by atoms with Crippen LogP contribution in [0.4, 0.5) is 0 Å². The molecule has 1 atom stereocenters. The summed E-state index contributed by atoms with van der Waals surface area (Å²) in [5.74, 6) is 5.66. The largest absolute Gasteiger partial charge is 0.512 e. The second-order valence-electron chi connectivity index (χ2n) is 6.80. The molecule has 2 aromatic rings. The molecule has 1 aliphatic carbocycles. The van der Waals surface area contributed by atoms with Crippen LogP contribution in [0.2, 0.25) is 0 Å². The fourth-order valence-corrected chi connectivity index (χ4v) is 3.65. The first kappa shape index (κ1) is 18.4. The molecule has 27 heavy (non-hydrogen) atoms. The third-order valence-electron chi connectivity index (χ3n) is 4.81. The van der Waals surface area contributed by atoms with E-state index >= 15 is 0 Å². The molecule has 4 nitrogen and oxygen atoms in total. The lowest BCUT2D eigenvalue weighted by molar-refractivity contribution is -0.116. The van der Waals surface area contributed by atoms with Crippen LogP contribution in [-0.4, -0.2) is 15.9 Å². The number of aromatic nitrogens is 1. The Hall–Kier alpha value is -3.37. The van der Waals surface area contributed by atoms with Crippen LogP contribution in [0.5, 0.6) is 0 Å². The lowest BCUT2D eigenvalue weighted by Gasteiger charge is -2.13. The molecule has 1 aromatic carbocycles. The van der Waals surface area contributed by atoms with Crippen LogP contribution >= 0.6 is 0 Å². The number of nitrogens with zero attached hydrogens (tertiary/aromatic N) is 2.